The summed E-state index contributed by atoms with van der Waals surface area (Å²) in [4.78, 5) is 24.3. The van der Waals surface area contributed by atoms with Crippen molar-refractivity contribution in [1.82, 2.24) is 10.2 Å². The van der Waals surface area contributed by atoms with Gasteiger partial charge in [0.05, 0.1) is 11.3 Å². The number of benzene rings is 2. The second kappa shape index (κ2) is 8.70. The number of ketones is 1. The summed E-state index contributed by atoms with van der Waals surface area (Å²) < 4.78 is 52.5. The molecule has 0 aliphatic carbocycles. The number of rotatable bonds is 6. The maximum atomic E-state index is 13.2. The third-order valence-corrected chi connectivity index (χ3v) is 5.55. The van der Waals surface area contributed by atoms with Gasteiger partial charge in [-0.1, -0.05) is 47.4 Å². The van der Waals surface area contributed by atoms with Gasteiger partial charge in [0.2, 0.25) is 5.13 Å². The fourth-order valence-electron chi connectivity index (χ4n) is 2.30. The maximum Gasteiger partial charge on any atom is 0.417 e. The van der Waals surface area contributed by atoms with Crippen LogP contribution in [0.3, 0.4) is 0 Å². The van der Waals surface area contributed by atoms with Crippen LogP contribution in [0.1, 0.15) is 26.3 Å². The number of alkyl halides is 3. The molecule has 2 aromatic carbocycles. The number of carbonyl (C=O) groups excluding carboxylic acids is 2. The highest BCUT2D eigenvalue weighted by Gasteiger charge is 2.34. The molecule has 0 spiro atoms. The molecule has 0 saturated heterocycles. The van der Waals surface area contributed by atoms with Gasteiger partial charge >= 0.3 is 6.18 Å². The molecular weight excluding hydrogens is 430 g/mol. The first-order valence-corrected chi connectivity index (χ1v) is 9.77. The molecule has 1 heterocycles. The summed E-state index contributed by atoms with van der Waals surface area (Å²) in [5.41, 5.74) is -1.32. The number of carbonyl (C=O) groups is 2. The SMILES string of the molecule is O=C(Nc1nnc(SCC(=O)c2ccccc2C(F)(F)F)s1)c1cccc(F)c1. The monoisotopic (exact) mass is 441 g/mol. The summed E-state index contributed by atoms with van der Waals surface area (Å²) >= 11 is 1.85. The van der Waals surface area contributed by atoms with Crippen molar-refractivity contribution in [3.05, 3.63) is 71.0 Å². The Bertz CT molecular complexity index is 1050. The van der Waals surface area contributed by atoms with Gasteiger partial charge < -0.3 is 0 Å². The van der Waals surface area contributed by atoms with Crippen LogP contribution in [0.25, 0.3) is 0 Å². The molecular formula is C18H11F4N3O2S2. The lowest BCUT2D eigenvalue weighted by molar-refractivity contribution is -0.137. The molecule has 0 atom stereocenters. The molecule has 3 aromatic rings. The minimum atomic E-state index is -4.63. The number of aromatic nitrogens is 2. The zero-order chi connectivity index (χ0) is 21.0. The topological polar surface area (TPSA) is 72.0 Å². The smallest absolute Gasteiger partial charge is 0.296 e. The van der Waals surface area contributed by atoms with E-state index >= 15 is 0 Å². The lowest BCUT2D eigenvalue weighted by Crippen LogP contribution is -2.14. The Hall–Kier alpha value is -2.79. The van der Waals surface area contributed by atoms with E-state index in [9.17, 15) is 27.2 Å². The van der Waals surface area contributed by atoms with Crippen LogP contribution in [0.4, 0.5) is 22.7 Å². The van der Waals surface area contributed by atoms with E-state index in [1.54, 1.807) is 0 Å². The normalized spacial score (nSPS) is 11.3. The average molecular weight is 441 g/mol. The van der Waals surface area contributed by atoms with E-state index in [1.807, 2.05) is 0 Å². The molecule has 0 radical (unpaired) electrons. The second-order valence-electron chi connectivity index (χ2n) is 5.59. The number of anilines is 1. The molecule has 0 aliphatic heterocycles. The third-order valence-electron chi connectivity index (χ3n) is 3.57. The zero-order valence-corrected chi connectivity index (χ0v) is 16.0. The highest BCUT2D eigenvalue weighted by Crippen LogP contribution is 2.33. The minimum absolute atomic E-state index is 0.0911. The standard InChI is InChI=1S/C18H11F4N3O2S2/c19-11-5-3-4-10(8-11)15(27)23-16-24-25-17(29-16)28-9-14(26)12-6-1-2-7-13(12)18(20,21)22/h1-8H,9H2,(H,23,24,27). The molecule has 150 valence electrons. The van der Waals surface area contributed by atoms with Crippen molar-refractivity contribution in [3.63, 3.8) is 0 Å². The molecule has 0 saturated carbocycles. The van der Waals surface area contributed by atoms with Crippen LogP contribution in [-0.4, -0.2) is 27.6 Å². The summed E-state index contributed by atoms with van der Waals surface area (Å²) in [6.45, 7) is 0. The van der Waals surface area contributed by atoms with Crippen molar-refractivity contribution in [2.24, 2.45) is 0 Å². The number of Topliss-reactive ketones (excluding diaryl/α,β-unsaturated/α-hetero) is 1. The summed E-state index contributed by atoms with van der Waals surface area (Å²) in [5.74, 6) is -2.14. The average Bonchev–Trinajstić information content (AvgIpc) is 3.12. The van der Waals surface area contributed by atoms with Crippen LogP contribution in [0, 0.1) is 5.82 Å². The molecule has 0 aliphatic rings. The largest absolute Gasteiger partial charge is 0.417 e. The number of amides is 1. The lowest BCUT2D eigenvalue weighted by Gasteiger charge is -2.11. The Morgan fingerprint density at radius 1 is 1.07 bits per heavy atom. The van der Waals surface area contributed by atoms with Crippen molar-refractivity contribution in [2.75, 3.05) is 11.1 Å². The lowest BCUT2D eigenvalue weighted by atomic mass is 10.0. The predicted molar refractivity (Wildman–Crippen MR) is 101 cm³/mol. The van der Waals surface area contributed by atoms with Crippen molar-refractivity contribution in [3.8, 4) is 0 Å². The van der Waals surface area contributed by atoms with Crippen molar-refractivity contribution in [2.45, 2.75) is 10.5 Å². The molecule has 5 nitrogen and oxygen atoms in total. The van der Waals surface area contributed by atoms with E-state index in [-0.39, 0.29) is 20.8 Å². The van der Waals surface area contributed by atoms with Gasteiger partial charge in [-0.3, -0.25) is 14.9 Å². The Balaban J connectivity index is 1.63. The van der Waals surface area contributed by atoms with Gasteiger partial charge in [-0.25, -0.2) is 4.39 Å². The summed E-state index contributed by atoms with van der Waals surface area (Å²) in [6.07, 6.45) is -4.63. The molecule has 0 bridgehead atoms. The van der Waals surface area contributed by atoms with Crippen LogP contribution >= 0.6 is 23.1 Å². The van der Waals surface area contributed by atoms with Gasteiger partial charge in [-0.2, -0.15) is 13.2 Å². The van der Waals surface area contributed by atoms with Crippen LogP contribution in [0.15, 0.2) is 52.9 Å². The van der Waals surface area contributed by atoms with Gasteiger partial charge in [0.1, 0.15) is 5.82 Å². The first-order valence-electron chi connectivity index (χ1n) is 7.96. The molecule has 1 aromatic heterocycles. The summed E-state index contributed by atoms with van der Waals surface area (Å²) in [7, 11) is 0. The van der Waals surface area contributed by atoms with E-state index in [1.165, 1.54) is 30.3 Å². The molecule has 1 amide bonds. The van der Waals surface area contributed by atoms with Gasteiger partial charge in [0.15, 0.2) is 10.1 Å². The number of hydrogen-bond donors (Lipinski definition) is 1. The number of thioether (sulfide) groups is 1. The van der Waals surface area contributed by atoms with E-state index in [0.29, 0.717) is 0 Å². The van der Waals surface area contributed by atoms with Crippen molar-refractivity contribution < 1.29 is 27.2 Å². The Kier molecular flexibility index (Phi) is 6.28. The number of nitrogens with one attached hydrogen (secondary N) is 1. The second-order valence-corrected chi connectivity index (χ2v) is 7.79. The van der Waals surface area contributed by atoms with Crippen LogP contribution < -0.4 is 5.32 Å². The quantitative estimate of drug-likeness (QED) is 0.254. The summed E-state index contributed by atoms with van der Waals surface area (Å²) in [6, 6.07) is 9.61. The van der Waals surface area contributed by atoms with Crippen molar-refractivity contribution >= 4 is 39.9 Å². The fraction of sp³-hybridized carbons (Fsp3) is 0.111. The molecule has 11 heteroatoms. The van der Waals surface area contributed by atoms with E-state index in [2.05, 4.69) is 15.5 Å². The van der Waals surface area contributed by atoms with E-state index in [0.717, 1.165) is 41.3 Å². The van der Waals surface area contributed by atoms with Gasteiger partial charge in [-0.05, 0) is 24.3 Å². The van der Waals surface area contributed by atoms with E-state index in [4.69, 9.17) is 0 Å². The molecule has 0 fully saturated rings. The highest BCUT2D eigenvalue weighted by molar-refractivity contribution is 8.01. The highest BCUT2D eigenvalue weighted by atomic mass is 32.2. The molecule has 29 heavy (non-hydrogen) atoms. The number of hydrogen-bond acceptors (Lipinski definition) is 6. The Labute approximate surface area is 170 Å². The first kappa shape index (κ1) is 20.9. The number of halogens is 4. The zero-order valence-electron chi connectivity index (χ0n) is 14.4. The van der Waals surface area contributed by atoms with E-state index < -0.39 is 34.8 Å². The van der Waals surface area contributed by atoms with Crippen LogP contribution in [0.2, 0.25) is 0 Å². The summed E-state index contributed by atoms with van der Waals surface area (Å²) in [5, 5.41) is 10.1. The fourth-order valence-corrected chi connectivity index (χ4v) is 3.93. The molecule has 1 N–H and O–H groups in total. The maximum absolute atomic E-state index is 13.2. The van der Waals surface area contributed by atoms with Gasteiger partial charge in [0, 0.05) is 11.1 Å². The number of nitrogens with zero attached hydrogens (tertiary/aromatic N) is 2. The van der Waals surface area contributed by atoms with Gasteiger partial charge in [0.25, 0.3) is 5.91 Å². The van der Waals surface area contributed by atoms with Crippen LogP contribution in [0.5, 0.6) is 0 Å². The molecule has 0 unspecified atom stereocenters. The predicted octanol–water partition coefficient (Wildman–Crippen LogP) is 4.92. The first-order chi connectivity index (χ1) is 13.7. The van der Waals surface area contributed by atoms with Gasteiger partial charge in [-0.15, -0.1) is 10.2 Å². The van der Waals surface area contributed by atoms with Crippen molar-refractivity contribution in [1.29, 1.82) is 0 Å². The minimum Gasteiger partial charge on any atom is -0.296 e. The Morgan fingerprint density at radius 3 is 2.55 bits per heavy atom. The Morgan fingerprint density at radius 2 is 1.83 bits per heavy atom. The van der Waals surface area contributed by atoms with Crippen LogP contribution in [-0.2, 0) is 6.18 Å². The third kappa shape index (κ3) is 5.39. The molecule has 3 rings (SSSR count).